The van der Waals surface area contributed by atoms with Crippen LogP contribution in [0.4, 0.5) is 5.88 Å². The molecule has 3 N–H and O–H groups in total. The smallest absolute Gasteiger partial charge is 0.433 e. The van der Waals surface area contributed by atoms with Gasteiger partial charge in [0, 0.05) is 13.0 Å². The average molecular weight is 258 g/mol. The van der Waals surface area contributed by atoms with Gasteiger partial charge < -0.3 is 19.9 Å². The summed E-state index contributed by atoms with van der Waals surface area (Å²) in [5.41, 5.74) is 0. The van der Waals surface area contributed by atoms with Crippen LogP contribution in [0.1, 0.15) is 17.0 Å². The molecule has 0 spiro atoms. The number of carboxylic acids is 1. The molecule has 0 aliphatic heterocycles. The third kappa shape index (κ3) is 3.56. The van der Waals surface area contributed by atoms with Crippen molar-refractivity contribution in [1.29, 1.82) is 0 Å². The minimum Gasteiger partial charge on any atom is -0.479 e. The van der Waals surface area contributed by atoms with Gasteiger partial charge in [-0.3, -0.25) is 14.9 Å². The summed E-state index contributed by atoms with van der Waals surface area (Å²) in [6, 6.07) is 2.15. The number of rotatable bonds is 6. The summed E-state index contributed by atoms with van der Waals surface area (Å²) in [5, 5.41) is 29.9. The number of aliphatic hydroxyl groups excluding tert-OH is 1. The predicted molar refractivity (Wildman–Crippen MR) is 56.0 cm³/mol. The fourth-order valence-electron chi connectivity index (χ4n) is 1.08. The zero-order chi connectivity index (χ0) is 13.7. The Hall–Kier alpha value is -2.42. The van der Waals surface area contributed by atoms with Gasteiger partial charge in [-0.25, -0.2) is 4.79 Å². The van der Waals surface area contributed by atoms with Crippen molar-refractivity contribution in [2.24, 2.45) is 0 Å². The second kappa shape index (κ2) is 5.77. The lowest BCUT2D eigenvalue weighted by atomic mass is 10.2. The third-order valence-corrected chi connectivity index (χ3v) is 1.98. The molecular weight excluding hydrogens is 248 g/mol. The van der Waals surface area contributed by atoms with Gasteiger partial charge >= 0.3 is 11.9 Å². The first kappa shape index (κ1) is 13.6. The van der Waals surface area contributed by atoms with Crippen molar-refractivity contribution in [2.45, 2.75) is 12.5 Å². The first-order valence-corrected chi connectivity index (χ1v) is 4.85. The molecule has 1 atom stereocenters. The Morgan fingerprint density at radius 3 is 2.67 bits per heavy atom. The van der Waals surface area contributed by atoms with E-state index in [2.05, 4.69) is 9.73 Å². The van der Waals surface area contributed by atoms with Crippen LogP contribution in [0.2, 0.25) is 0 Å². The van der Waals surface area contributed by atoms with Crippen molar-refractivity contribution in [1.82, 2.24) is 5.32 Å². The molecule has 98 valence electrons. The Labute approximate surface area is 100 Å². The summed E-state index contributed by atoms with van der Waals surface area (Å²) in [6.45, 7) is -0.0964. The van der Waals surface area contributed by atoms with E-state index in [9.17, 15) is 19.7 Å². The molecule has 0 aliphatic rings. The summed E-state index contributed by atoms with van der Waals surface area (Å²) in [5.74, 6) is -2.93. The molecule has 1 amide bonds. The first-order valence-electron chi connectivity index (χ1n) is 4.85. The Kier molecular flexibility index (Phi) is 4.38. The largest absolute Gasteiger partial charge is 0.479 e. The summed E-state index contributed by atoms with van der Waals surface area (Å²) in [7, 11) is 0. The Bertz CT molecular complexity index is 467. The Morgan fingerprint density at radius 2 is 2.17 bits per heavy atom. The molecule has 1 aromatic rings. The van der Waals surface area contributed by atoms with Crippen LogP contribution in [-0.4, -0.2) is 39.7 Å². The van der Waals surface area contributed by atoms with E-state index in [1.807, 2.05) is 0 Å². The van der Waals surface area contributed by atoms with Gasteiger partial charge in [0.25, 0.3) is 5.91 Å². The molecule has 0 aliphatic carbocycles. The Balaban J connectivity index is 2.45. The van der Waals surface area contributed by atoms with Crippen molar-refractivity contribution in [2.75, 3.05) is 6.54 Å². The van der Waals surface area contributed by atoms with E-state index in [1.165, 1.54) is 0 Å². The minimum absolute atomic E-state index is 0.0964. The van der Waals surface area contributed by atoms with Gasteiger partial charge in [0.15, 0.2) is 11.9 Å². The maximum absolute atomic E-state index is 11.4. The lowest BCUT2D eigenvalue weighted by molar-refractivity contribution is -0.402. The number of hydrogen-bond donors (Lipinski definition) is 3. The molecule has 0 saturated carbocycles. The topological polar surface area (TPSA) is 143 Å². The van der Waals surface area contributed by atoms with Crippen LogP contribution in [0, 0.1) is 10.1 Å². The van der Waals surface area contributed by atoms with Crippen LogP contribution in [0.15, 0.2) is 16.5 Å². The van der Waals surface area contributed by atoms with Gasteiger partial charge in [0.05, 0.1) is 6.07 Å². The lowest BCUT2D eigenvalue weighted by Gasteiger charge is -2.05. The van der Waals surface area contributed by atoms with E-state index in [-0.39, 0.29) is 18.7 Å². The monoisotopic (exact) mass is 258 g/mol. The van der Waals surface area contributed by atoms with Gasteiger partial charge in [-0.15, -0.1) is 0 Å². The highest BCUT2D eigenvalue weighted by Crippen LogP contribution is 2.15. The predicted octanol–water partition coefficient (Wildman–Crippen LogP) is -0.247. The van der Waals surface area contributed by atoms with E-state index >= 15 is 0 Å². The van der Waals surface area contributed by atoms with Crippen molar-refractivity contribution < 1.29 is 29.1 Å². The van der Waals surface area contributed by atoms with Gasteiger partial charge in [0.2, 0.25) is 0 Å². The highest BCUT2D eigenvalue weighted by atomic mass is 16.6. The summed E-state index contributed by atoms with van der Waals surface area (Å²) in [4.78, 5) is 31.2. The number of carbonyl (C=O) groups excluding carboxylic acids is 1. The number of nitrogens with one attached hydrogen (secondary N) is 1. The zero-order valence-electron chi connectivity index (χ0n) is 9.03. The molecule has 0 bridgehead atoms. The van der Waals surface area contributed by atoms with Crippen LogP contribution in [-0.2, 0) is 4.79 Å². The molecule has 0 saturated heterocycles. The van der Waals surface area contributed by atoms with Gasteiger partial charge in [-0.05, 0) is 6.07 Å². The van der Waals surface area contributed by atoms with E-state index in [4.69, 9.17) is 10.2 Å². The van der Waals surface area contributed by atoms with Crippen LogP contribution in [0.3, 0.4) is 0 Å². The van der Waals surface area contributed by atoms with Gasteiger partial charge in [-0.2, -0.15) is 0 Å². The standard InChI is InChI=1S/C9H10N2O7/c12-5(9(14)15)3-4-10-8(13)6-1-2-7(18-6)11(16)17/h1-2,5,12H,3-4H2,(H,10,13)(H,14,15)/t5-/m0/s1. The number of carbonyl (C=O) groups is 2. The van der Waals surface area contributed by atoms with Crippen LogP contribution >= 0.6 is 0 Å². The lowest BCUT2D eigenvalue weighted by Crippen LogP contribution is -2.29. The van der Waals surface area contributed by atoms with Crippen molar-refractivity contribution in [3.05, 3.63) is 28.0 Å². The summed E-state index contributed by atoms with van der Waals surface area (Å²) < 4.78 is 4.62. The molecule has 1 aromatic heterocycles. The number of hydrogen-bond acceptors (Lipinski definition) is 6. The maximum Gasteiger partial charge on any atom is 0.433 e. The number of aliphatic carboxylic acids is 1. The molecule has 1 rings (SSSR count). The summed E-state index contributed by atoms with van der Waals surface area (Å²) in [6.07, 6.45) is -1.75. The third-order valence-electron chi connectivity index (χ3n) is 1.98. The highest BCUT2D eigenvalue weighted by molar-refractivity contribution is 5.91. The van der Waals surface area contributed by atoms with E-state index < -0.39 is 28.8 Å². The highest BCUT2D eigenvalue weighted by Gasteiger charge is 2.18. The molecular formula is C9H10N2O7. The van der Waals surface area contributed by atoms with E-state index in [0.29, 0.717) is 0 Å². The minimum atomic E-state index is -1.57. The molecule has 9 nitrogen and oxygen atoms in total. The number of carboxylic acid groups (broad SMARTS) is 1. The quantitative estimate of drug-likeness (QED) is 0.471. The maximum atomic E-state index is 11.4. The zero-order valence-corrected chi connectivity index (χ0v) is 9.03. The number of nitro groups is 1. The molecule has 0 unspecified atom stereocenters. The van der Waals surface area contributed by atoms with Crippen LogP contribution in [0.5, 0.6) is 0 Å². The number of amides is 1. The second-order valence-corrected chi connectivity index (χ2v) is 3.29. The number of furan rings is 1. The van der Waals surface area contributed by atoms with Crippen LogP contribution in [0.25, 0.3) is 0 Å². The normalized spacial score (nSPS) is 11.8. The SMILES string of the molecule is O=C(NCC[C@H](O)C(=O)O)c1ccc([N+](=O)[O-])o1. The number of aliphatic hydroxyl groups is 1. The fourth-order valence-corrected chi connectivity index (χ4v) is 1.08. The second-order valence-electron chi connectivity index (χ2n) is 3.29. The molecule has 18 heavy (non-hydrogen) atoms. The van der Waals surface area contributed by atoms with E-state index in [1.54, 1.807) is 0 Å². The number of nitrogens with zero attached hydrogens (tertiary/aromatic N) is 1. The average Bonchev–Trinajstić information content (AvgIpc) is 2.77. The first-order chi connectivity index (χ1) is 8.41. The summed E-state index contributed by atoms with van der Waals surface area (Å²) >= 11 is 0. The molecule has 1 heterocycles. The molecule has 0 radical (unpaired) electrons. The molecule has 0 fully saturated rings. The molecule has 0 aromatic carbocycles. The van der Waals surface area contributed by atoms with Gasteiger partial charge in [0.1, 0.15) is 4.92 Å². The van der Waals surface area contributed by atoms with Crippen molar-refractivity contribution >= 4 is 17.8 Å². The molecule has 9 heteroatoms. The fraction of sp³-hybridized carbons (Fsp3) is 0.333. The van der Waals surface area contributed by atoms with Crippen molar-refractivity contribution in [3.8, 4) is 0 Å². The van der Waals surface area contributed by atoms with Gasteiger partial charge in [-0.1, -0.05) is 0 Å². The van der Waals surface area contributed by atoms with E-state index in [0.717, 1.165) is 12.1 Å². The Morgan fingerprint density at radius 1 is 1.50 bits per heavy atom. The van der Waals surface area contributed by atoms with Crippen molar-refractivity contribution in [3.63, 3.8) is 0 Å². The van der Waals surface area contributed by atoms with Crippen LogP contribution < -0.4 is 5.32 Å².